The number of hydrogen-bond donors (Lipinski definition) is 0. The van der Waals surface area contributed by atoms with Crippen LogP contribution in [0.5, 0.6) is 0 Å². The standard InChI is InChI=1S/C11H15NS/c1-11(2)5-3-9(4-6-11)10-12-7-8-13-10/h3,7-8H,4-6H2,1-2H3. The van der Waals surface area contributed by atoms with E-state index in [1.807, 2.05) is 6.20 Å². The molecule has 1 aliphatic rings. The van der Waals surface area contributed by atoms with Gasteiger partial charge in [-0.15, -0.1) is 11.3 Å². The molecule has 0 bridgehead atoms. The van der Waals surface area contributed by atoms with Gasteiger partial charge in [-0.25, -0.2) is 4.98 Å². The molecular formula is C11H15NS. The molecule has 0 saturated carbocycles. The van der Waals surface area contributed by atoms with Crippen LogP contribution in [0, 0.1) is 5.41 Å². The number of hydrogen-bond acceptors (Lipinski definition) is 2. The highest BCUT2D eigenvalue weighted by molar-refractivity contribution is 7.10. The highest BCUT2D eigenvalue weighted by Gasteiger charge is 2.22. The van der Waals surface area contributed by atoms with Crippen LogP contribution in [0.3, 0.4) is 0 Å². The summed E-state index contributed by atoms with van der Waals surface area (Å²) in [4.78, 5) is 4.34. The maximum Gasteiger partial charge on any atom is 0.118 e. The van der Waals surface area contributed by atoms with Crippen molar-refractivity contribution in [1.82, 2.24) is 4.98 Å². The Morgan fingerprint density at radius 3 is 2.85 bits per heavy atom. The lowest BCUT2D eigenvalue weighted by molar-refractivity contribution is 0.335. The van der Waals surface area contributed by atoms with Crippen molar-refractivity contribution in [3.05, 3.63) is 22.7 Å². The second-order valence-corrected chi connectivity index (χ2v) is 5.33. The fourth-order valence-corrected chi connectivity index (χ4v) is 2.36. The van der Waals surface area contributed by atoms with Crippen molar-refractivity contribution in [2.75, 3.05) is 0 Å². The molecule has 0 spiro atoms. The minimum atomic E-state index is 0.501. The Labute approximate surface area is 83.5 Å². The molecular weight excluding hydrogens is 178 g/mol. The summed E-state index contributed by atoms with van der Waals surface area (Å²) < 4.78 is 0. The van der Waals surface area contributed by atoms with Gasteiger partial charge in [0.05, 0.1) is 0 Å². The van der Waals surface area contributed by atoms with Gasteiger partial charge in [-0.3, -0.25) is 0 Å². The maximum atomic E-state index is 4.34. The Balaban J connectivity index is 2.16. The molecule has 0 amide bonds. The molecule has 0 unspecified atom stereocenters. The van der Waals surface area contributed by atoms with E-state index in [-0.39, 0.29) is 0 Å². The summed E-state index contributed by atoms with van der Waals surface area (Å²) >= 11 is 1.75. The van der Waals surface area contributed by atoms with Crippen LogP contribution in [0.4, 0.5) is 0 Å². The van der Waals surface area contributed by atoms with Crippen LogP contribution in [0.2, 0.25) is 0 Å². The summed E-state index contributed by atoms with van der Waals surface area (Å²) in [5, 5.41) is 3.27. The normalized spacial score (nSPS) is 21.2. The van der Waals surface area contributed by atoms with Crippen molar-refractivity contribution in [1.29, 1.82) is 0 Å². The van der Waals surface area contributed by atoms with Crippen molar-refractivity contribution in [3.63, 3.8) is 0 Å². The fraction of sp³-hybridized carbons (Fsp3) is 0.545. The highest BCUT2D eigenvalue weighted by Crippen LogP contribution is 2.38. The van der Waals surface area contributed by atoms with E-state index >= 15 is 0 Å². The summed E-state index contributed by atoms with van der Waals surface area (Å²) in [5.74, 6) is 0. The Morgan fingerprint density at radius 1 is 1.46 bits per heavy atom. The third kappa shape index (κ3) is 1.99. The molecule has 1 aromatic rings. The van der Waals surface area contributed by atoms with Crippen LogP contribution in [-0.2, 0) is 0 Å². The number of nitrogens with zero attached hydrogens (tertiary/aromatic N) is 1. The molecule has 0 atom stereocenters. The lowest BCUT2D eigenvalue weighted by Crippen LogP contribution is -2.13. The number of thiazole rings is 1. The Hall–Kier alpha value is -0.630. The van der Waals surface area contributed by atoms with Crippen molar-refractivity contribution >= 4 is 16.9 Å². The van der Waals surface area contributed by atoms with Gasteiger partial charge in [0.15, 0.2) is 0 Å². The average molecular weight is 193 g/mol. The largest absolute Gasteiger partial charge is 0.245 e. The van der Waals surface area contributed by atoms with Crippen LogP contribution in [-0.4, -0.2) is 4.98 Å². The first-order valence-corrected chi connectivity index (χ1v) is 5.64. The Kier molecular flexibility index (Phi) is 2.24. The summed E-state index contributed by atoms with van der Waals surface area (Å²) in [5.41, 5.74) is 1.95. The van der Waals surface area contributed by atoms with Gasteiger partial charge in [-0.05, 0) is 30.3 Å². The first kappa shape index (κ1) is 8.95. The molecule has 1 heterocycles. The molecule has 2 rings (SSSR count). The van der Waals surface area contributed by atoms with E-state index in [2.05, 4.69) is 30.3 Å². The van der Waals surface area contributed by atoms with Gasteiger partial charge in [0.1, 0.15) is 5.01 Å². The summed E-state index contributed by atoms with van der Waals surface area (Å²) in [6.45, 7) is 4.67. The first-order valence-electron chi connectivity index (χ1n) is 4.76. The lowest BCUT2D eigenvalue weighted by Gasteiger charge is -2.27. The van der Waals surface area contributed by atoms with Crippen LogP contribution in [0.15, 0.2) is 17.7 Å². The summed E-state index contributed by atoms with van der Waals surface area (Å²) in [6, 6.07) is 0. The predicted octanol–water partition coefficient (Wildman–Crippen LogP) is 3.74. The summed E-state index contributed by atoms with van der Waals surface area (Å²) in [6.07, 6.45) is 7.93. The zero-order valence-electron chi connectivity index (χ0n) is 8.21. The van der Waals surface area contributed by atoms with E-state index in [0.717, 1.165) is 0 Å². The van der Waals surface area contributed by atoms with Gasteiger partial charge >= 0.3 is 0 Å². The van der Waals surface area contributed by atoms with Crippen LogP contribution in [0.1, 0.15) is 38.1 Å². The second kappa shape index (κ2) is 3.26. The smallest absolute Gasteiger partial charge is 0.118 e. The monoisotopic (exact) mass is 193 g/mol. The van der Waals surface area contributed by atoms with Crippen molar-refractivity contribution in [2.45, 2.75) is 33.1 Å². The maximum absolute atomic E-state index is 4.34. The van der Waals surface area contributed by atoms with Gasteiger partial charge < -0.3 is 0 Å². The van der Waals surface area contributed by atoms with Crippen LogP contribution < -0.4 is 0 Å². The average Bonchev–Trinajstić information content (AvgIpc) is 2.56. The first-order chi connectivity index (χ1) is 6.17. The van der Waals surface area contributed by atoms with Gasteiger partial charge in [0.25, 0.3) is 0 Å². The molecule has 70 valence electrons. The fourth-order valence-electron chi connectivity index (χ4n) is 1.65. The van der Waals surface area contributed by atoms with Gasteiger partial charge in [0, 0.05) is 11.6 Å². The molecule has 0 fully saturated rings. The molecule has 0 saturated heterocycles. The Morgan fingerprint density at radius 2 is 2.31 bits per heavy atom. The third-order valence-electron chi connectivity index (χ3n) is 2.68. The number of allylic oxidation sites excluding steroid dienone is 2. The molecule has 13 heavy (non-hydrogen) atoms. The SMILES string of the molecule is CC1(C)CC=C(c2nccs2)CC1. The van der Waals surface area contributed by atoms with E-state index in [1.54, 1.807) is 11.3 Å². The molecule has 0 aromatic carbocycles. The predicted molar refractivity (Wildman–Crippen MR) is 57.7 cm³/mol. The van der Waals surface area contributed by atoms with E-state index in [1.165, 1.54) is 29.8 Å². The second-order valence-electron chi connectivity index (χ2n) is 4.43. The molecule has 1 aromatic heterocycles. The molecule has 1 aliphatic carbocycles. The van der Waals surface area contributed by atoms with Crippen LogP contribution in [0.25, 0.3) is 5.57 Å². The van der Waals surface area contributed by atoms with Crippen LogP contribution >= 0.6 is 11.3 Å². The van der Waals surface area contributed by atoms with Crippen molar-refractivity contribution in [3.8, 4) is 0 Å². The number of rotatable bonds is 1. The lowest BCUT2D eigenvalue weighted by atomic mass is 9.78. The van der Waals surface area contributed by atoms with E-state index in [9.17, 15) is 0 Å². The molecule has 2 heteroatoms. The minimum absolute atomic E-state index is 0.501. The Bertz CT molecular complexity index is 309. The van der Waals surface area contributed by atoms with E-state index in [4.69, 9.17) is 0 Å². The summed E-state index contributed by atoms with van der Waals surface area (Å²) in [7, 11) is 0. The van der Waals surface area contributed by atoms with E-state index in [0.29, 0.717) is 5.41 Å². The van der Waals surface area contributed by atoms with Gasteiger partial charge in [0.2, 0.25) is 0 Å². The van der Waals surface area contributed by atoms with Gasteiger partial charge in [-0.1, -0.05) is 19.9 Å². The molecule has 0 aliphatic heterocycles. The van der Waals surface area contributed by atoms with E-state index < -0.39 is 0 Å². The zero-order chi connectivity index (χ0) is 9.31. The van der Waals surface area contributed by atoms with Crippen molar-refractivity contribution in [2.24, 2.45) is 5.41 Å². The third-order valence-corrected chi connectivity index (χ3v) is 3.53. The topological polar surface area (TPSA) is 12.9 Å². The molecule has 1 nitrogen and oxygen atoms in total. The quantitative estimate of drug-likeness (QED) is 0.662. The number of aromatic nitrogens is 1. The molecule has 0 radical (unpaired) electrons. The molecule has 0 N–H and O–H groups in total. The van der Waals surface area contributed by atoms with Crippen molar-refractivity contribution < 1.29 is 0 Å². The van der Waals surface area contributed by atoms with Gasteiger partial charge in [-0.2, -0.15) is 0 Å². The minimum Gasteiger partial charge on any atom is -0.245 e. The zero-order valence-corrected chi connectivity index (χ0v) is 9.03. The highest BCUT2D eigenvalue weighted by atomic mass is 32.1.